The van der Waals surface area contributed by atoms with Crippen LogP contribution in [0.5, 0.6) is 0 Å². The summed E-state index contributed by atoms with van der Waals surface area (Å²) in [5.74, 6) is -1.02. The van der Waals surface area contributed by atoms with Crippen molar-refractivity contribution in [2.24, 2.45) is 0 Å². The first-order chi connectivity index (χ1) is 9.54. The number of carbonyl (C=O) groups excluding carboxylic acids is 1. The number of likely N-dealkylation sites (tertiary alicyclic amines) is 1. The molecule has 0 aliphatic carbocycles. The Bertz CT molecular complexity index is 372. The van der Waals surface area contributed by atoms with Crippen LogP contribution in [0.2, 0.25) is 0 Å². The number of nitrogens with zero attached hydrogens (tertiary/aromatic N) is 1. The summed E-state index contributed by atoms with van der Waals surface area (Å²) in [6, 6.07) is 0. The Morgan fingerprint density at radius 3 is 2.05 bits per heavy atom. The lowest BCUT2D eigenvalue weighted by Crippen LogP contribution is -2.60. The maximum absolute atomic E-state index is 11.9. The minimum Gasteiger partial charge on any atom is -0.481 e. The van der Waals surface area contributed by atoms with Crippen LogP contribution in [-0.2, 0) is 14.3 Å². The standard InChI is InChI=1S/C16H29NO4/c1-15(2)10-12(11-16(3,4)17(15)5)21-14(20)9-7-6-8-13(18)19/h12H,6-11H2,1-5H3,(H,18,19). The van der Waals surface area contributed by atoms with Gasteiger partial charge in [-0.05, 0) is 47.6 Å². The number of carboxylic acid groups (broad SMARTS) is 1. The van der Waals surface area contributed by atoms with E-state index in [1.807, 2.05) is 0 Å². The number of unbranched alkanes of at least 4 members (excludes halogenated alkanes) is 1. The van der Waals surface area contributed by atoms with Crippen molar-refractivity contribution < 1.29 is 19.4 Å². The molecular weight excluding hydrogens is 270 g/mol. The molecule has 0 aromatic carbocycles. The quantitative estimate of drug-likeness (QED) is 0.603. The number of piperidine rings is 1. The lowest BCUT2D eigenvalue weighted by Gasteiger charge is -2.53. The summed E-state index contributed by atoms with van der Waals surface area (Å²) in [7, 11) is 2.12. The molecule has 5 nitrogen and oxygen atoms in total. The molecule has 5 heteroatoms. The Kier molecular flexibility index (Phi) is 5.79. The Balaban J connectivity index is 2.44. The van der Waals surface area contributed by atoms with Crippen molar-refractivity contribution in [3.63, 3.8) is 0 Å². The molecule has 0 atom stereocenters. The van der Waals surface area contributed by atoms with E-state index in [0.717, 1.165) is 12.8 Å². The van der Waals surface area contributed by atoms with Gasteiger partial charge in [-0.1, -0.05) is 0 Å². The van der Waals surface area contributed by atoms with Gasteiger partial charge in [0.1, 0.15) is 6.10 Å². The highest BCUT2D eigenvalue weighted by Crippen LogP contribution is 2.38. The van der Waals surface area contributed by atoms with Crippen LogP contribution in [0, 0.1) is 0 Å². The van der Waals surface area contributed by atoms with Crippen LogP contribution < -0.4 is 0 Å². The molecule has 0 amide bonds. The lowest BCUT2D eigenvalue weighted by molar-refractivity contribution is -0.159. The van der Waals surface area contributed by atoms with Crippen LogP contribution in [0.1, 0.15) is 66.2 Å². The molecular formula is C16H29NO4. The molecule has 1 N–H and O–H groups in total. The van der Waals surface area contributed by atoms with Gasteiger partial charge >= 0.3 is 11.9 Å². The molecule has 0 saturated carbocycles. The molecule has 0 aromatic heterocycles. The van der Waals surface area contributed by atoms with Gasteiger partial charge in [0, 0.05) is 36.8 Å². The van der Waals surface area contributed by atoms with E-state index in [-0.39, 0.29) is 29.6 Å². The number of ether oxygens (including phenoxy) is 1. The van der Waals surface area contributed by atoms with Crippen molar-refractivity contribution in [2.45, 2.75) is 83.4 Å². The second-order valence-corrected chi connectivity index (χ2v) is 7.30. The molecule has 1 aliphatic rings. The van der Waals surface area contributed by atoms with E-state index in [0.29, 0.717) is 19.3 Å². The third-order valence-electron chi connectivity index (χ3n) is 4.59. The van der Waals surface area contributed by atoms with Crippen molar-refractivity contribution >= 4 is 11.9 Å². The summed E-state index contributed by atoms with van der Waals surface area (Å²) in [6.45, 7) is 8.67. The maximum atomic E-state index is 11.9. The molecule has 0 aromatic rings. The fourth-order valence-electron chi connectivity index (χ4n) is 3.15. The molecule has 1 aliphatic heterocycles. The molecule has 21 heavy (non-hydrogen) atoms. The van der Waals surface area contributed by atoms with Crippen LogP contribution in [0.25, 0.3) is 0 Å². The fourth-order valence-corrected chi connectivity index (χ4v) is 3.15. The molecule has 0 bridgehead atoms. The number of rotatable bonds is 6. The largest absolute Gasteiger partial charge is 0.481 e. The Labute approximate surface area is 127 Å². The molecule has 1 saturated heterocycles. The molecule has 1 heterocycles. The summed E-state index contributed by atoms with van der Waals surface area (Å²) in [5.41, 5.74) is -0.00793. The highest BCUT2D eigenvalue weighted by molar-refractivity contribution is 5.70. The average molecular weight is 299 g/mol. The van der Waals surface area contributed by atoms with E-state index < -0.39 is 5.97 Å². The monoisotopic (exact) mass is 299 g/mol. The predicted octanol–water partition coefficient (Wildman–Crippen LogP) is 2.83. The van der Waals surface area contributed by atoms with Crippen molar-refractivity contribution in [1.82, 2.24) is 4.90 Å². The summed E-state index contributed by atoms with van der Waals surface area (Å²) in [5, 5.41) is 8.56. The van der Waals surface area contributed by atoms with Gasteiger partial charge < -0.3 is 9.84 Å². The van der Waals surface area contributed by atoms with E-state index in [1.54, 1.807) is 0 Å². The number of carbonyl (C=O) groups is 2. The van der Waals surface area contributed by atoms with E-state index in [2.05, 4.69) is 39.6 Å². The third-order valence-corrected chi connectivity index (χ3v) is 4.59. The lowest BCUT2D eigenvalue weighted by atomic mass is 9.79. The maximum Gasteiger partial charge on any atom is 0.306 e. The molecule has 0 unspecified atom stereocenters. The first-order valence-corrected chi connectivity index (χ1v) is 7.70. The van der Waals surface area contributed by atoms with E-state index >= 15 is 0 Å². The minimum atomic E-state index is -0.817. The first kappa shape index (κ1) is 18.0. The van der Waals surface area contributed by atoms with Crippen LogP contribution in [0.4, 0.5) is 0 Å². The van der Waals surface area contributed by atoms with Gasteiger partial charge in [0.25, 0.3) is 0 Å². The van der Waals surface area contributed by atoms with Crippen molar-refractivity contribution in [3.05, 3.63) is 0 Å². The number of hydrogen-bond acceptors (Lipinski definition) is 4. The van der Waals surface area contributed by atoms with Gasteiger partial charge in [0.15, 0.2) is 0 Å². The molecule has 122 valence electrons. The topological polar surface area (TPSA) is 66.8 Å². The predicted molar refractivity (Wildman–Crippen MR) is 81.1 cm³/mol. The summed E-state index contributed by atoms with van der Waals surface area (Å²) in [4.78, 5) is 24.6. The van der Waals surface area contributed by atoms with Crippen LogP contribution in [0.15, 0.2) is 0 Å². The molecule has 1 fully saturated rings. The second-order valence-electron chi connectivity index (χ2n) is 7.30. The SMILES string of the molecule is CN1C(C)(C)CC(OC(=O)CCCCC(=O)O)CC1(C)C. The fraction of sp³-hybridized carbons (Fsp3) is 0.875. The Morgan fingerprint density at radius 2 is 1.57 bits per heavy atom. The van der Waals surface area contributed by atoms with E-state index in [4.69, 9.17) is 9.84 Å². The van der Waals surface area contributed by atoms with Gasteiger partial charge in [-0.15, -0.1) is 0 Å². The zero-order valence-electron chi connectivity index (χ0n) is 13.9. The number of esters is 1. The van der Waals surface area contributed by atoms with E-state index in [1.165, 1.54) is 0 Å². The second kappa shape index (κ2) is 6.77. The molecule has 0 radical (unpaired) electrons. The van der Waals surface area contributed by atoms with E-state index in [9.17, 15) is 9.59 Å². The first-order valence-electron chi connectivity index (χ1n) is 7.70. The van der Waals surface area contributed by atoms with Crippen LogP contribution in [-0.4, -0.2) is 46.2 Å². The van der Waals surface area contributed by atoms with Crippen LogP contribution >= 0.6 is 0 Å². The zero-order valence-corrected chi connectivity index (χ0v) is 13.9. The highest BCUT2D eigenvalue weighted by Gasteiger charge is 2.44. The van der Waals surface area contributed by atoms with Crippen molar-refractivity contribution in [1.29, 1.82) is 0 Å². The highest BCUT2D eigenvalue weighted by atomic mass is 16.5. The number of hydrogen-bond donors (Lipinski definition) is 1. The van der Waals surface area contributed by atoms with Crippen molar-refractivity contribution in [2.75, 3.05) is 7.05 Å². The van der Waals surface area contributed by atoms with Gasteiger partial charge in [-0.25, -0.2) is 0 Å². The molecule has 1 rings (SSSR count). The smallest absolute Gasteiger partial charge is 0.306 e. The van der Waals surface area contributed by atoms with Gasteiger partial charge in [-0.2, -0.15) is 0 Å². The Hall–Kier alpha value is -1.10. The Morgan fingerprint density at radius 1 is 1.10 bits per heavy atom. The molecule has 0 spiro atoms. The third kappa shape index (κ3) is 5.30. The van der Waals surface area contributed by atoms with Gasteiger partial charge in [0.2, 0.25) is 0 Å². The van der Waals surface area contributed by atoms with Crippen molar-refractivity contribution in [3.8, 4) is 0 Å². The number of aliphatic carboxylic acids is 1. The summed E-state index contributed by atoms with van der Waals surface area (Å²) >= 11 is 0. The van der Waals surface area contributed by atoms with Crippen LogP contribution in [0.3, 0.4) is 0 Å². The zero-order chi connectivity index (χ0) is 16.3. The summed E-state index contributed by atoms with van der Waals surface area (Å²) < 4.78 is 5.60. The normalized spacial score (nSPS) is 22.0. The number of carboxylic acids is 1. The summed E-state index contributed by atoms with van der Waals surface area (Å²) in [6.07, 6.45) is 3.11. The average Bonchev–Trinajstić information content (AvgIpc) is 2.30. The van der Waals surface area contributed by atoms with Gasteiger partial charge in [0.05, 0.1) is 0 Å². The van der Waals surface area contributed by atoms with Gasteiger partial charge in [-0.3, -0.25) is 14.5 Å². The minimum absolute atomic E-state index is 0.00396.